The first-order chi connectivity index (χ1) is 12.3. The van der Waals surface area contributed by atoms with Gasteiger partial charge in [0.15, 0.2) is 0 Å². The number of rotatable bonds is 10. The van der Waals surface area contributed by atoms with Gasteiger partial charge in [-0.15, -0.1) is 0 Å². The molecule has 0 radical (unpaired) electrons. The van der Waals surface area contributed by atoms with Crippen LogP contribution in [0.2, 0.25) is 0 Å². The number of nitriles is 1. The third-order valence-electron chi connectivity index (χ3n) is 4.78. The Hall–Kier alpha value is -0.920. The first kappa shape index (κ1) is 25.1. The molecule has 1 rings (SSSR count). The maximum Gasteiger partial charge on any atom is 0.0967 e. The zero-order valence-corrected chi connectivity index (χ0v) is 19.3. The highest BCUT2D eigenvalue weighted by Crippen LogP contribution is 2.31. The van der Waals surface area contributed by atoms with E-state index in [0.717, 1.165) is 28.6 Å². The average molecular weight is 424 g/mol. The molecule has 1 aromatic rings. The molecule has 0 aromatic carbocycles. The van der Waals surface area contributed by atoms with Crippen molar-refractivity contribution in [2.45, 2.75) is 85.0 Å². The highest BCUT2D eigenvalue weighted by molar-refractivity contribution is 9.10. The Bertz CT molecular complexity index is 539. The fraction of sp³-hybridized carbons (Fsp3) is 0.727. The van der Waals surface area contributed by atoms with Crippen LogP contribution in [0.3, 0.4) is 0 Å². The lowest BCUT2D eigenvalue weighted by Crippen LogP contribution is -2.22. The van der Waals surface area contributed by atoms with E-state index in [1.54, 1.807) is 6.20 Å². The lowest BCUT2D eigenvalue weighted by atomic mass is 9.81. The summed E-state index contributed by atoms with van der Waals surface area (Å²) in [5.74, 6) is 0. The van der Waals surface area contributed by atoms with Crippen LogP contribution in [-0.2, 0) is 5.41 Å². The molecule has 1 heterocycles. The summed E-state index contributed by atoms with van der Waals surface area (Å²) < 4.78 is 0.968. The molecular weight excluding hydrogens is 386 g/mol. The summed E-state index contributed by atoms with van der Waals surface area (Å²) in [5, 5.41) is 9.49. The summed E-state index contributed by atoms with van der Waals surface area (Å²) >= 11 is 3.41. The number of aryl methyl sites for hydroxylation is 1. The number of halogens is 1. The van der Waals surface area contributed by atoms with Crippen LogP contribution in [0.4, 0.5) is 0 Å². The Morgan fingerprint density at radius 1 is 1.15 bits per heavy atom. The van der Waals surface area contributed by atoms with E-state index in [9.17, 15) is 5.26 Å². The highest BCUT2D eigenvalue weighted by Gasteiger charge is 2.29. The largest absolute Gasteiger partial charge is 0.307 e. The molecule has 0 saturated heterocycles. The second-order valence-corrected chi connectivity index (χ2v) is 8.24. The van der Waals surface area contributed by atoms with E-state index < -0.39 is 5.41 Å². The number of pyridine rings is 1. The summed E-state index contributed by atoms with van der Waals surface area (Å²) in [4.78, 5) is 6.79. The smallest absolute Gasteiger partial charge is 0.0967 e. The molecule has 0 aliphatic rings. The van der Waals surface area contributed by atoms with Crippen LogP contribution < -0.4 is 0 Å². The molecule has 0 unspecified atom stereocenters. The van der Waals surface area contributed by atoms with Gasteiger partial charge in [0.25, 0.3) is 0 Å². The Labute approximate surface area is 170 Å². The van der Waals surface area contributed by atoms with Crippen LogP contribution in [0, 0.1) is 18.3 Å². The van der Waals surface area contributed by atoms with Gasteiger partial charge in [0.1, 0.15) is 0 Å². The fourth-order valence-corrected chi connectivity index (χ4v) is 3.28. The predicted octanol–water partition coefficient (Wildman–Crippen LogP) is 6.64. The molecule has 0 N–H and O–H groups in total. The standard InChI is InChI=1S/C15H21BrN2.C7H17N/c1-4-5-6-7-8-15(3,11-17)14-12(2)9-13(16)10-18-14;1-4-6-7-8(3)5-2/h9-10H,4-8H2,1-3H3;4-7H2,1-3H3/t15-;/m0./s1. The van der Waals surface area contributed by atoms with E-state index in [1.165, 1.54) is 45.2 Å². The van der Waals surface area contributed by atoms with Crippen molar-refractivity contribution >= 4 is 15.9 Å². The third kappa shape index (κ3) is 9.69. The maximum atomic E-state index is 9.49. The van der Waals surface area contributed by atoms with Gasteiger partial charge < -0.3 is 4.90 Å². The zero-order chi connectivity index (χ0) is 20.0. The van der Waals surface area contributed by atoms with Crippen molar-refractivity contribution in [1.29, 1.82) is 5.26 Å². The third-order valence-corrected chi connectivity index (χ3v) is 5.21. The molecule has 0 bridgehead atoms. The fourth-order valence-electron chi connectivity index (χ4n) is 2.84. The predicted molar refractivity (Wildman–Crippen MR) is 116 cm³/mol. The van der Waals surface area contributed by atoms with Crippen LogP contribution in [0.1, 0.15) is 83.9 Å². The van der Waals surface area contributed by atoms with E-state index in [1.807, 2.05) is 19.9 Å². The number of unbranched alkanes of at least 4 members (excludes halogenated alkanes) is 4. The van der Waals surface area contributed by atoms with Gasteiger partial charge in [-0.25, -0.2) is 0 Å². The Morgan fingerprint density at radius 3 is 2.31 bits per heavy atom. The SMILES string of the molecule is CCCCCC[C@@](C)(C#N)c1ncc(Br)cc1C.CCCCN(C)CC. The van der Waals surface area contributed by atoms with Crippen molar-refractivity contribution in [2.24, 2.45) is 0 Å². The zero-order valence-electron chi connectivity index (χ0n) is 17.7. The molecule has 0 amide bonds. The number of hydrogen-bond donors (Lipinski definition) is 0. The average Bonchev–Trinajstić information content (AvgIpc) is 2.63. The summed E-state index contributed by atoms with van der Waals surface area (Å²) in [7, 11) is 2.16. The van der Waals surface area contributed by atoms with E-state index in [0.29, 0.717) is 0 Å². The number of hydrogen-bond acceptors (Lipinski definition) is 3. The van der Waals surface area contributed by atoms with Gasteiger partial charge in [-0.3, -0.25) is 4.98 Å². The molecule has 1 aromatic heterocycles. The van der Waals surface area contributed by atoms with Crippen LogP contribution in [0.15, 0.2) is 16.7 Å². The van der Waals surface area contributed by atoms with Gasteiger partial charge in [-0.1, -0.05) is 52.9 Å². The molecule has 26 heavy (non-hydrogen) atoms. The summed E-state index contributed by atoms with van der Waals surface area (Å²) in [6.07, 6.45) is 10.1. The summed E-state index contributed by atoms with van der Waals surface area (Å²) in [6, 6.07) is 4.49. The second-order valence-electron chi connectivity index (χ2n) is 7.32. The molecule has 3 nitrogen and oxygen atoms in total. The van der Waals surface area contributed by atoms with Crippen molar-refractivity contribution in [3.8, 4) is 6.07 Å². The topological polar surface area (TPSA) is 39.9 Å². The molecule has 0 saturated carbocycles. The maximum absolute atomic E-state index is 9.49. The van der Waals surface area contributed by atoms with Gasteiger partial charge >= 0.3 is 0 Å². The number of nitrogens with zero attached hydrogens (tertiary/aromatic N) is 3. The van der Waals surface area contributed by atoms with Gasteiger partial charge in [0.2, 0.25) is 0 Å². The van der Waals surface area contributed by atoms with Crippen molar-refractivity contribution in [1.82, 2.24) is 9.88 Å². The minimum Gasteiger partial charge on any atom is -0.307 e. The van der Waals surface area contributed by atoms with Gasteiger partial charge in [-0.2, -0.15) is 5.26 Å². The normalized spacial score (nSPS) is 12.9. The van der Waals surface area contributed by atoms with Crippen molar-refractivity contribution in [3.63, 3.8) is 0 Å². The quantitative estimate of drug-likeness (QED) is 0.395. The van der Waals surface area contributed by atoms with Crippen LogP contribution in [0.25, 0.3) is 0 Å². The lowest BCUT2D eigenvalue weighted by Gasteiger charge is -2.22. The van der Waals surface area contributed by atoms with Crippen LogP contribution in [0.5, 0.6) is 0 Å². The molecule has 4 heteroatoms. The Balaban J connectivity index is 0.000000660. The molecule has 1 atom stereocenters. The van der Waals surface area contributed by atoms with Crippen molar-refractivity contribution < 1.29 is 0 Å². The summed E-state index contributed by atoms with van der Waals surface area (Å²) in [6.45, 7) is 13.1. The number of aromatic nitrogens is 1. The van der Waals surface area contributed by atoms with Gasteiger partial charge in [0.05, 0.1) is 17.2 Å². The molecule has 0 fully saturated rings. The van der Waals surface area contributed by atoms with Crippen LogP contribution >= 0.6 is 15.9 Å². The Kier molecular flexibility index (Phi) is 13.7. The molecular formula is C22H38BrN3. The minimum absolute atomic E-state index is 0.460. The molecule has 148 valence electrons. The van der Waals surface area contributed by atoms with Crippen molar-refractivity contribution in [3.05, 3.63) is 28.0 Å². The monoisotopic (exact) mass is 423 g/mol. The van der Waals surface area contributed by atoms with Crippen molar-refractivity contribution in [2.75, 3.05) is 20.1 Å². The first-order valence-electron chi connectivity index (χ1n) is 10.1. The molecule has 0 aliphatic carbocycles. The Morgan fingerprint density at radius 2 is 1.81 bits per heavy atom. The lowest BCUT2D eigenvalue weighted by molar-refractivity contribution is 0.346. The van der Waals surface area contributed by atoms with E-state index in [-0.39, 0.29) is 0 Å². The highest BCUT2D eigenvalue weighted by atomic mass is 79.9. The molecule has 0 spiro atoms. The first-order valence-corrected chi connectivity index (χ1v) is 10.9. The minimum atomic E-state index is -0.460. The van der Waals surface area contributed by atoms with Gasteiger partial charge in [-0.05, 0) is 74.4 Å². The van der Waals surface area contributed by atoms with E-state index in [4.69, 9.17) is 0 Å². The molecule has 0 aliphatic heterocycles. The van der Waals surface area contributed by atoms with Crippen LogP contribution in [-0.4, -0.2) is 30.0 Å². The van der Waals surface area contributed by atoms with E-state index in [2.05, 4.69) is 59.7 Å². The van der Waals surface area contributed by atoms with E-state index >= 15 is 0 Å². The summed E-state index contributed by atoms with van der Waals surface area (Å²) in [5.41, 5.74) is 1.55. The second kappa shape index (κ2) is 14.2. The van der Waals surface area contributed by atoms with Gasteiger partial charge in [0, 0.05) is 10.7 Å².